The molecular formula is C24H28FIN2O3. The molecule has 3 rings (SSSR count). The van der Waals surface area contributed by atoms with Crippen LogP contribution in [0, 0.1) is 9.39 Å². The van der Waals surface area contributed by atoms with Crippen molar-refractivity contribution in [2.45, 2.75) is 57.7 Å². The number of hydrogen-bond donors (Lipinski definition) is 1. The van der Waals surface area contributed by atoms with Crippen LogP contribution in [0.15, 0.2) is 48.5 Å². The molecule has 5 nitrogen and oxygen atoms in total. The molecule has 0 unspecified atom stereocenters. The fraction of sp³-hybridized carbons (Fsp3) is 0.417. The third kappa shape index (κ3) is 7.19. The summed E-state index contributed by atoms with van der Waals surface area (Å²) in [5.74, 6) is -0.215. The first-order chi connectivity index (χ1) is 14.9. The van der Waals surface area contributed by atoms with E-state index in [2.05, 4.69) is 27.9 Å². The molecule has 2 amide bonds. The molecule has 0 radical (unpaired) electrons. The van der Waals surface area contributed by atoms with Gasteiger partial charge >= 0.3 is 0 Å². The van der Waals surface area contributed by atoms with E-state index in [4.69, 9.17) is 4.74 Å². The van der Waals surface area contributed by atoms with Crippen LogP contribution in [0.4, 0.5) is 4.39 Å². The summed E-state index contributed by atoms with van der Waals surface area (Å²) < 4.78 is 20.0. The van der Waals surface area contributed by atoms with Crippen molar-refractivity contribution in [1.29, 1.82) is 0 Å². The molecule has 1 fully saturated rings. The second kappa shape index (κ2) is 11.5. The van der Waals surface area contributed by atoms with Crippen LogP contribution >= 0.6 is 22.6 Å². The van der Waals surface area contributed by atoms with Crippen LogP contribution in [-0.2, 0) is 16.1 Å². The Morgan fingerprint density at radius 3 is 2.39 bits per heavy atom. The van der Waals surface area contributed by atoms with Crippen LogP contribution in [0.5, 0.6) is 5.75 Å². The van der Waals surface area contributed by atoms with Gasteiger partial charge in [0.15, 0.2) is 6.61 Å². The minimum absolute atomic E-state index is 0.162. The van der Waals surface area contributed by atoms with Gasteiger partial charge in [-0.1, -0.05) is 31.4 Å². The number of hydrogen-bond acceptors (Lipinski definition) is 3. The van der Waals surface area contributed by atoms with E-state index in [1.807, 2.05) is 12.1 Å². The lowest BCUT2D eigenvalue weighted by atomic mass is 9.95. The Morgan fingerprint density at radius 1 is 1.10 bits per heavy atom. The van der Waals surface area contributed by atoms with Crippen molar-refractivity contribution in [3.8, 4) is 5.75 Å². The number of rotatable bonds is 8. The average molecular weight is 538 g/mol. The first-order valence-electron chi connectivity index (χ1n) is 10.6. The lowest BCUT2D eigenvalue weighted by Gasteiger charge is -2.31. The molecule has 2 aromatic carbocycles. The highest BCUT2D eigenvalue weighted by Crippen LogP contribution is 2.19. The molecule has 1 atom stereocenters. The van der Waals surface area contributed by atoms with Crippen molar-refractivity contribution in [1.82, 2.24) is 10.2 Å². The zero-order valence-electron chi connectivity index (χ0n) is 17.7. The molecule has 0 heterocycles. The molecule has 0 saturated heterocycles. The van der Waals surface area contributed by atoms with Crippen molar-refractivity contribution < 1.29 is 18.7 Å². The van der Waals surface area contributed by atoms with E-state index < -0.39 is 6.04 Å². The molecule has 166 valence electrons. The highest BCUT2D eigenvalue weighted by Gasteiger charge is 2.28. The zero-order valence-corrected chi connectivity index (χ0v) is 19.8. The summed E-state index contributed by atoms with van der Waals surface area (Å²) in [4.78, 5) is 27.4. The summed E-state index contributed by atoms with van der Waals surface area (Å²) in [6.45, 7) is 1.75. The van der Waals surface area contributed by atoms with Crippen LogP contribution in [-0.4, -0.2) is 35.4 Å². The first kappa shape index (κ1) is 23.5. The Bertz CT molecular complexity index is 867. The van der Waals surface area contributed by atoms with Crippen LogP contribution in [0.2, 0.25) is 0 Å². The molecular weight excluding hydrogens is 510 g/mol. The van der Waals surface area contributed by atoms with Crippen LogP contribution < -0.4 is 10.1 Å². The predicted octanol–water partition coefficient (Wildman–Crippen LogP) is 4.68. The van der Waals surface area contributed by atoms with Gasteiger partial charge in [0.25, 0.3) is 5.91 Å². The quantitative estimate of drug-likeness (QED) is 0.497. The van der Waals surface area contributed by atoms with Crippen molar-refractivity contribution in [2.75, 3.05) is 6.61 Å². The van der Waals surface area contributed by atoms with Gasteiger partial charge in [0, 0.05) is 16.2 Å². The summed E-state index contributed by atoms with van der Waals surface area (Å²) in [6, 6.07) is 12.9. The monoisotopic (exact) mass is 538 g/mol. The smallest absolute Gasteiger partial charge is 0.261 e. The summed E-state index contributed by atoms with van der Waals surface area (Å²) in [5, 5.41) is 3.09. The van der Waals surface area contributed by atoms with Gasteiger partial charge in [-0.05, 0) is 84.3 Å². The number of halogens is 2. The third-order valence-electron chi connectivity index (χ3n) is 5.56. The average Bonchev–Trinajstić information content (AvgIpc) is 2.78. The Morgan fingerprint density at radius 2 is 1.74 bits per heavy atom. The van der Waals surface area contributed by atoms with E-state index in [9.17, 15) is 14.0 Å². The topological polar surface area (TPSA) is 58.6 Å². The van der Waals surface area contributed by atoms with Gasteiger partial charge in [0.05, 0.1) is 0 Å². The van der Waals surface area contributed by atoms with Gasteiger partial charge in [-0.25, -0.2) is 4.39 Å². The molecule has 1 N–H and O–H groups in total. The maximum absolute atomic E-state index is 13.3. The van der Waals surface area contributed by atoms with Gasteiger partial charge in [0.1, 0.15) is 17.6 Å². The minimum atomic E-state index is -0.667. The number of nitrogens with zero attached hydrogens (tertiary/aromatic N) is 1. The minimum Gasteiger partial charge on any atom is -0.484 e. The molecule has 2 aromatic rings. The Labute approximate surface area is 196 Å². The van der Waals surface area contributed by atoms with E-state index >= 15 is 0 Å². The van der Waals surface area contributed by atoms with Crippen molar-refractivity contribution in [3.05, 3.63) is 63.5 Å². The second-order valence-corrected chi connectivity index (χ2v) is 9.16. The second-order valence-electron chi connectivity index (χ2n) is 7.91. The fourth-order valence-electron chi connectivity index (χ4n) is 3.70. The lowest BCUT2D eigenvalue weighted by Crippen LogP contribution is -2.51. The van der Waals surface area contributed by atoms with Gasteiger partial charge in [-0.2, -0.15) is 0 Å². The van der Waals surface area contributed by atoms with Crippen LogP contribution in [0.3, 0.4) is 0 Å². The summed E-state index contributed by atoms with van der Waals surface area (Å²) in [6.07, 6.45) is 5.37. The summed E-state index contributed by atoms with van der Waals surface area (Å²) in [7, 11) is 0. The van der Waals surface area contributed by atoms with Crippen LogP contribution in [0.25, 0.3) is 0 Å². The first-order valence-corrected chi connectivity index (χ1v) is 11.7. The largest absolute Gasteiger partial charge is 0.484 e. The number of ether oxygens (including phenoxy) is 1. The molecule has 31 heavy (non-hydrogen) atoms. The fourth-order valence-corrected chi connectivity index (χ4v) is 4.06. The SMILES string of the molecule is C[C@H](C(=O)NC1CCCCC1)N(Cc1ccc(F)cc1)C(=O)COc1ccc(I)cc1. The highest BCUT2D eigenvalue weighted by atomic mass is 127. The Hall–Kier alpha value is -2.16. The van der Waals surface area contributed by atoms with Gasteiger partial charge in [-0.15, -0.1) is 0 Å². The molecule has 1 aliphatic rings. The maximum atomic E-state index is 13.3. The molecule has 0 aliphatic heterocycles. The Kier molecular flexibility index (Phi) is 8.69. The van der Waals surface area contributed by atoms with E-state index in [1.165, 1.54) is 23.5 Å². The summed E-state index contributed by atoms with van der Waals surface area (Å²) >= 11 is 2.20. The standard InChI is InChI=1S/C24H28FIN2O3/c1-17(24(30)27-21-5-3-2-4-6-21)28(15-18-7-9-19(25)10-8-18)23(29)16-31-22-13-11-20(26)12-14-22/h7-14,17,21H,2-6,15-16H2,1H3,(H,27,30)/t17-/m1/s1. The van der Waals surface area contributed by atoms with Crippen molar-refractivity contribution >= 4 is 34.4 Å². The highest BCUT2D eigenvalue weighted by molar-refractivity contribution is 14.1. The lowest BCUT2D eigenvalue weighted by molar-refractivity contribution is -0.142. The van der Waals surface area contributed by atoms with Gasteiger partial charge in [-0.3, -0.25) is 9.59 Å². The number of carbonyl (C=O) groups is 2. The molecule has 1 aliphatic carbocycles. The molecule has 0 bridgehead atoms. The normalized spacial score (nSPS) is 15.2. The Balaban J connectivity index is 1.69. The number of amides is 2. The van der Waals surface area contributed by atoms with Crippen molar-refractivity contribution in [2.24, 2.45) is 0 Å². The van der Waals surface area contributed by atoms with Crippen molar-refractivity contribution in [3.63, 3.8) is 0 Å². The number of carbonyl (C=O) groups excluding carboxylic acids is 2. The zero-order chi connectivity index (χ0) is 22.2. The van der Waals surface area contributed by atoms with E-state index in [-0.39, 0.29) is 36.8 Å². The molecule has 1 saturated carbocycles. The molecule has 0 aromatic heterocycles. The third-order valence-corrected chi connectivity index (χ3v) is 6.28. The maximum Gasteiger partial charge on any atom is 0.261 e. The molecule has 0 spiro atoms. The van der Waals surface area contributed by atoms with Crippen LogP contribution in [0.1, 0.15) is 44.6 Å². The van der Waals surface area contributed by atoms with Gasteiger partial charge in [0.2, 0.25) is 5.91 Å². The predicted molar refractivity (Wildman–Crippen MR) is 126 cm³/mol. The molecule has 7 heteroatoms. The van der Waals surface area contributed by atoms with Gasteiger partial charge < -0.3 is 15.0 Å². The number of benzene rings is 2. The summed E-state index contributed by atoms with van der Waals surface area (Å²) in [5.41, 5.74) is 0.751. The number of nitrogens with one attached hydrogen (secondary N) is 1. The van der Waals surface area contributed by atoms with E-state index in [0.717, 1.165) is 34.8 Å². The van der Waals surface area contributed by atoms with E-state index in [0.29, 0.717) is 5.75 Å². The van der Waals surface area contributed by atoms with E-state index in [1.54, 1.807) is 31.2 Å².